The number of fused-ring (bicyclic) bond motifs is 1. The molecule has 1 unspecified atom stereocenters. The lowest BCUT2D eigenvalue weighted by molar-refractivity contribution is -0.127. The van der Waals surface area contributed by atoms with Crippen LogP contribution < -0.4 is 10.2 Å². The number of ether oxygens (including phenoxy) is 1. The van der Waals surface area contributed by atoms with Crippen LogP contribution in [0.2, 0.25) is 0 Å². The highest BCUT2D eigenvalue weighted by Crippen LogP contribution is 2.37. The first kappa shape index (κ1) is 25.8. The van der Waals surface area contributed by atoms with Gasteiger partial charge < -0.3 is 14.6 Å². The molecule has 2 amide bonds. The van der Waals surface area contributed by atoms with E-state index in [1.165, 1.54) is 24.2 Å². The molecule has 0 aliphatic carbocycles. The maximum Gasteiger partial charge on any atom is 0.262 e. The van der Waals surface area contributed by atoms with Crippen molar-refractivity contribution in [1.29, 1.82) is 0 Å². The van der Waals surface area contributed by atoms with Crippen molar-refractivity contribution in [3.8, 4) is 16.3 Å². The number of hydrogen-bond donors (Lipinski definition) is 1. The first-order chi connectivity index (χ1) is 19.3. The highest BCUT2D eigenvalue weighted by molar-refractivity contribution is 7.16. The maximum atomic E-state index is 14.2. The standard InChI is InChI=1S/C27H22F2N6O4S/c1-13-24(14(2)39-33-13)15-4-7-20-19(8-15)32-25(35(20)27-31-10-22(40-27)26(37)30-3)21-11-38-12-23(36)34(21)16-5-6-17(28)18(29)9-16/h4-10,21H,11-12H2,1-3H3,(H,30,37). The number of carbonyl (C=O) groups is 2. The fraction of sp³-hybridized carbons (Fsp3) is 0.222. The summed E-state index contributed by atoms with van der Waals surface area (Å²) < 4.78 is 40.7. The average Bonchev–Trinajstić information content (AvgIpc) is 3.66. The van der Waals surface area contributed by atoms with Crippen molar-refractivity contribution in [2.45, 2.75) is 19.9 Å². The predicted molar refractivity (Wildman–Crippen MR) is 143 cm³/mol. The van der Waals surface area contributed by atoms with Gasteiger partial charge in [-0.1, -0.05) is 22.6 Å². The maximum absolute atomic E-state index is 14.2. The van der Waals surface area contributed by atoms with Gasteiger partial charge in [0.1, 0.15) is 29.1 Å². The van der Waals surface area contributed by atoms with Gasteiger partial charge >= 0.3 is 0 Å². The highest BCUT2D eigenvalue weighted by atomic mass is 32.1. The number of aryl methyl sites for hydroxylation is 2. The third-order valence-electron chi connectivity index (χ3n) is 6.70. The molecule has 5 aromatic rings. The Morgan fingerprint density at radius 3 is 2.70 bits per heavy atom. The Kier molecular flexibility index (Phi) is 6.39. The molecule has 40 heavy (non-hydrogen) atoms. The Morgan fingerprint density at radius 2 is 1.98 bits per heavy atom. The van der Waals surface area contributed by atoms with Gasteiger partial charge in [-0.2, -0.15) is 0 Å². The van der Waals surface area contributed by atoms with Crippen LogP contribution in [0.5, 0.6) is 0 Å². The van der Waals surface area contributed by atoms with E-state index in [0.29, 0.717) is 32.6 Å². The molecule has 1 atom stereocenters. The molecular weight excluding hydrogens is 542 g/mol. The number of nitrogens with zero attached hydrogens (tertiary/aromatic N) is 5. The molecule has 1 aliphatic rings. The van der Waals surface area contributed by atoms with Crippen molar-refractivity contribution < 1.29 is 27.6 Å². The van der Waals surface area contributed by atoms with Crippen molar-refractivity contribution in [2.24, 2.45) is 0 Å². The lowest BCUT2D eigenvalue weighted by atomic mass is 10.0. The monoisotopic (exact) mass is 564 g/mol. The van der Waals surface area contributed by atoms with E-state index in [0.717, 1.165) is 40.3 Å². The molecule has 4 heterocycles. The highest BCUT2D eigenvalue weighted by Gasteiger charge is 2.36. The minimum absolute atomic E-state index is 0.0401. The van der Waals surface area contributed by atoms with E-state index < -0.39 is 23.6 Å². The number of nitrogens with one attached hydrogen (secondary N) is 1. The number of anilines is 1. The molecule has 204 valence electrons. The van der Waals surface area contributed by atoms with Crippen LogP contribution in [-0.4, -0.2) is 51.8 Å². The predicted octanol–water partition coefficient (Wildman–Crippen LogP) is 4.50. The van der Waals surface area contributed by atoms with Crippen LogP contribution in [-0.2, 0) is 9.53 Å². The normalized spacial score (nSPS) is 15.7. The molecule has 10 nitrogen and oxygen atoms in total. The number of morpholine rings is 1. The van der Waals surface area contributed by atoms with E-state index >= 15 is 0 Å². The van der Waals surface area contributed by atoms with Gasteiger partial charge in [0.25, 0.3) is 11.8 Å². The lowest BCUT2D eigenvalue weighted by Gasteiger charge is -2.35. The van der Waals surface area contributed by atoms with Crippen molar-refractivity contribution in [1.82, 2.24) is 25.0 Å². The zero-order chi connectivity index (χ0) is 28.1. The smallest absolute Gasteiger partial charge is 0.262 e. The summed E-state index contributed by atoms with van der Waals surface area (Å²) in [5, 5.41) is 7.06. The molecular formula is C27H22F2N6O4S. The molecule has 1 saturated heterocycles. The van der Waals surface area contributed by atoms with Crippen LogP contribution in [0, 0.1) is 25.5 Å². The fourth-order valence-corrected chi connectivity index (χ4v) is 5.78. The average molecular weight is 565 g/mol. The fourth-order valence-electron chi connectivity index (χ4n) is 4.90. The second-order valence-electron chi connectivity index (χ2n) is 9.19. The molecule has 0 spiro atoms. The molecule has 1 N–H and O–H groups in total. The van der Waals surface area contributed by atoms with Crippen LogP contribution >= 0.6 is 11.3 Å². The van der Waals surface area contributed by atoms with E-state index in [4.69, 9.17) is 14.2 Å². The third-order valence-corrected chi connectivity index (χ3v) is 7.68. The molecule has 2 aromatic carbocycles. The zero-order valence-corrected chi connectivity index (χ0v) is 22.4. The summed E-state index contributed by atoms with van der Waals surface area (Å²) in [5.74, 6) is -1.81. The first-order valence-corrected chi connectivity index (χ1v) is 13.1. The number of rotatable bonds is 5. The number of benzene rings is 2. The molecule has 1 aliphatic heterocycles. The molecule has 3 aromatic heterocycles. The summed E-state index contributed by atoms with van der Waals surface area (Å²) in [5.41, 5.74) is 3.80. The number of carbonyl (C=O) groups excluding carboxylic acids is 2. The van der Waals surface area contributed by atoms with Crippen molar-refractivity contribution >= 4 is 39.9 Å². The van der Waals surface area contributed by atoms with Gasteiger partial charge in [-0.3, -0.25) is 19.1 Å². The van der Waals surface area contributed by atoms with Crippen molar-refractivity contribution in [3.05, 3.63) is 76.4 Å². The van der Waals surface area contributed by atoms with Gasteiger partial charge in [-0.05, 0) is 43.7 Å². The molecule has 0 saturated carbocycles. The van der Waals surface area contributed by atoms with E-state index in [-0.39, 0.29) is 24.8 Å². The molecule has 13 heteroatoms. The largest absolute Gasteiger partial charge is 0.369 e. The molecule has 0 radical (unpaired) electrons. The van der Waals surface area contributed by atoms with Crippen LogP contribution in [0.4, 0.5) is 14.5 Å². The van der Waals surface area contributed by atoms with Gasteiger partial charge in [-0.25, -0.2) is 18.7 Å². The minimum atomic E-state index is -1.08. The van der Waals surface area contributed by atoms with Crippen LogP contribution in [0.3, 0.4) is 0 Å². The second kappa shape index (κ2) is 9.92. The minimum Gasteiger partial charge on any atom is -0.369 e. The van der Waals surface area contributed by atoms with E-state index in [1.807, 2.05) is 32.0 Å². The van der Waals surface area contributed by atoms with Gasteiger partial charge in [0.2, 0.25) is 0 Å². The van der Waals surface area contributed by atoms with Gasteiger partial charge in [0.05, 0.1) is 29.5 Å². The number of hydrogen-bond acceptors (Lipinski definition) is 8. The van der Waals surface area contributed by atoms with Crippen LogP contribution in [0.1, 0.15) is 33.0 Å². The Labute approximate surface area is 230 Å². The summed E-state index contributed by atoms with van der Waals surface area (Å²) in [6.45, 7) is 3.48. The molecule has 1 fully saturated rings. The number of amides is 2. The second-order valence-corrected chi connectivity index (χ2v) is 10.2. The number of thiazole rings is 1. The third kappa shape index (κ3) is 4.23. The SMILES string of the molecule is CNC(=O)c1cnc(-n2c(C3COCC(=O)N3c3ccc(F)c(F)c3)nc3cc(-c4c(C)noc4C)ccc32)s1. The van der Waals surface area contributed by atoms with Gasteiger partial charge in [-0.15, -0.1) is 0 Å². The molecule has 0 bridgehead atoms. The van der Waals surface area contributed by atoms with Crippen LogP contribution in [0.25, 0.3) is 27.3 Å². The van der Waals surface area contributed by atoms with E-state index in [9.17, 15) is 18.4 Å². The number of aromatic nitrogens is 4. The number of imidazole rings is 1. The van der Waals surface area contributed by atoms with E-state index in [1.54, 1.807) is 4.57 Å². The topological polar surface area (TPSA) is 115 Å². The first-order valence-electron chi connectivity index (χ1n) is 12.3. The summed E-state index contributed by atoms with van der Waals surface area (Å²) in [6.07, 6.45) is 1.46. The Morgan fingerprint density at radius 1 is 1.15 bits per heavy atom. The summed E-state index contributed by atoms with van der Waals surface area (Å²) in [6, 6.07) is 8.11. The quantitative estimate of drug-likeness (QED) is 0.334. The molecule has 6 rings (SSSR count). The number of halogens is 2. The Hall–Kier alpha value is -4.49. The lowest BCUT2D eigenvalue weighted by Crippen LogP contribution is -2.45. The summed E-state index contributed by atoms with van der Waals surface area (Å²) in [7, 11) is 1.53. The Balaban J connectivity index is 1.56. The van der Waals surface area contributed by atoms with Crippen molar-refractivity contribution in [2.75, 3.05) is 25.2 Å². The summed E-state index contributed by atoms with van der Waals surface area (Å²) >= 11 is 1.15. The van der Waals surface area contributed by atoms with Crippen LogP contribution in [0.15, 0.2) is 47.1 Å². The van der Waals surface area contributed by atoms with E-state index in [2.05, 4.69) is 15.5 Å². The van der Waals surface area contributed by atoms with Crippen molar-refractivity contribution in [3.63, 3.8) is 0 Å². The summed E-state index contributed by atoms with van der Waals surface area (Å²) in [4.78, 5) is 36.5. The van der Waals surface area contributed by atoms with Gasteiger partial charge in [0.15, 0.2) is 16.8 Å². The Bertz CT molecular complexity index is 1780. The van der Waals surface area contributed by atoms with Gasteiger partial charge in [0, 0.05) is 24.4 Å². The zero-order valence-electron chi connectivity index (χ0n) is 21.6.